The standard InChI is InChI=1S/C26H26ClF6N3O5/c1-5-41-24(39)36-13(2)6-21(19-10-18(27)11-20(22(19)36)34-14(3)37)35(23(38)40-4)12-15-7-16(25(28,29)30)9-17(8-15)26(31,32)33/h7-11,13,21H,5-6,12H2,1-4H3,(H,34,37)/t13-,21+/m0/s1. The Morgan fingerprint density at radius 2 is 1.63 bits per heavy atom. The lowest BCUT2D eigenvalue weighted by Crippen LogP contribution is -2.48. The molecular formula is C26H26ClF6N3O5. The van der Waals surface area contributed by atoms with Crippen molar-refractivity contribution in [3.05, 3.63) is 57.6 Å². The number of fused-ring (bicyclic) bond motifs is 1. The largest absolute Gasteiger partial charge is 0.453 e. The monoisotopic (exact) mass is 609 g/mol. The molecule has 0 aromatic heterocycles. The second kappa shape index (κ2) is 12.0. The van der Waals surface area contributed by atoms with Gasteiger partial charge < -0.3 is 14.8 Å². The van der Waals surface area contributed by atoms with Gasteiger partial charge in [-0.25, -0.2) is 9.59 Å². The zero-order valence-electron chi connectivity index (χ0n) is 22.2. The van der Waals surface area contributed by atoms with Crippen LogP contribution in [0.5, 0.6) is 0 Å². The number of methoxy groups -OCH3 is 1. The summed E-state index contributed by atoms with van der Waals surface area (Å²) in [5.74, 6) is -0.526. The SMILES string of the molecule is CCOC(=O)N1c2c(NC(C)=O)cc(Cl)cc2[C@H](N(Cc2cc(C(F)(F)F)cc(C(F)(F)F)c2)C(=O)OC)C[C@@H]1C. The first-order valence-electron chi connectivity index (χ1n) is 12.2. The zero-order chi connectivity index (χ0) is 30.9. The molecule has 0 radical (unpaired) electrons. The minimum absolute atomic E-state index is 0.00917. The summed E-state index contributed by atoms with van der Waals surface area (Å²) in [6.45, 7) is 3.67. The number of amides is 3. The van der Waals surface area contributed by atoms with Crippen molar-refractivity contribution in [1.82, 2.24) is 4.90 Å². The summed E-state index contributed by atoms with van der Waals surface area (Å²) in [5, 5.41) is 2.63. The Labute approximate surface area is 236 Å². The normalized spacial score (nSPS) is 17.0. The molecule has 2 aromatic carbocycles. The molecule has 3 amide bonds. The van der Waals surface area contributed by atoms with Gasteiger partial charge in [-0.3, -0.25) is 14.6 Å². The van der Waals surface area contributed by atoms with Gasteiger partial charge in [0.15, 0.2) is 0 Å². The molecule has 2 aromatic rings. The van der Waals surface area contributed by atoms with Gasteiger partial charge in [0.2, 0.25) is 5.91 Å². The van der Waals surface area contributed by atoms with Gasteiger partial charge in [-0.15, -0.1) is 0 Å². The summed E-state index contributed by atoms with van der Waals surface area (Å²) >= 11 is 6.30. The topological polar surface area (TPSA) is 88.2 Å². The summed E-state index contributed by atoms with van der Waals surface area (Å²) in [4.78, 5) is 40.1. The van der Waals surface area contributed by atoms with Crippen LogP contribution in [0.1, 0.15) is 55.5 Å². The van der Waals surface area contributed by atoms with Crippen molar-refractivity contribution in [3.8, 4) is 0 Å². The number of anilines is 2. The smallest absolute Gasteiger partial charge is 0.416 e. The van der Waals surface area contributed by atoms with E-state index < -0.39 is 65.8 Å². The average Bonchev–Trinajstić information content (AvgIpc) is 2.85. The molecule has 2 atom stereocenters. The van der Waals surface area contributed by atoms with Crippen LogP contribution in [-0.2, 0) is 33.2 Å². The molecule has 1 aliphatic rings. The van der Waals surface area contributed by atoms with E-state index in [-0.39, 0.29) is 41.1 Å². The molecule has 224 valence electrons. The zero-order valence-corrected chi connectivity index (χ0v) is 23.0. The lowest BCUT2D eigenvalue weighted by atomic mass is 9.89. The number of carbonyl (C=O) groups excluding carboxylic acids is 3. The van der Waals surface area contributed by atoms with Crippen LogP contribution < -0.4 is 10.2 Å². The van der Waals surface area contributed by atoms with Crippen LogP contribution in [0, 0.1) is 0 Å². The molecule has 1 N–H and O–H groups in total. The molecule has 41 heavy (non-hydrogen) atoms. The molecule has 0 saturated carbocycles. The molecule has 0 saturated heterocycles. The maximum Gasteiger partial charge on any atom is 0.416 e. The Hall–Kier alpha value is -3.68. The molecule has 1 heterocycles. The fourth-order valence-electron chi connectivity index (χ4n) is 4.69. The summed E-state index contributed by atoms with van der Waals surface area (Å²) in [6, 6.07) is 1.98. The highest BCUT2D eigenvalue weighted by Gasteiger charge is 2.42. The number of carbonyl (C=O) groups is 3. The fraction of sp³-hybridized carbons (Fsp3) is 0.423. The highest BCUT2D eigenvalue weighted by atomic mass is 35.5. The Kier molecular flexibility index (Phi) is 9.36. The predicted molar refractivity (Wildman–Crippen MR) is 136 cm³/mol. The Morgan fingerprint density at radius 1 is 1.05 bits per heavy atom. The van der Waals surface area contributed by atoms with Gasteiger partial charge >= 0.3 is 24.5 Å². The first-order valence-corrected chi connectivity index (χ1v) is 12.6. The predicted octanol–water partition coefficient (Wildman–Crippen LogP) is 7.40. The van der Waals surface area contributed by atoms with Gasteiger partial charge in [-0.05, 0) is 56.2 Å². The number of nitrogens with zero attached hydrogens (tertiary/aromatic N) is 2. The number of benzene rings is 2. The van der Waals surface area contributed by atoms with Gasteiger partial charge in [0.1, 0.15) is 0 Å². The molecule has 0 bridgehead atoms. The van der Waals surface area contributed by atoms with Crippen molar-refractivity contribution in [3.63, 3.8) is 0 Å². The third-order valence-electron chi connectivity index (χ3n) is 6.27. The van der Waals surface area contributed by atoms with Crippen LogP contribution in [0.25, 0.3) is 0 Å². The van der Waals surface area contributed by atoms with Crippen molar-refractivity contribution < 1.29 is 50.2 Å². The maximum atomic E-state index is 13.5. The summed E-state index contributed by atoms with van der Waals surface area (Å²) < 4.78 is 91.1. The highest BCUT2D eigenvalue weighted by molar-refractivity contribution is 6.31. The van der Waals surface area contributed by atoms with Gasteiger partial charge in [0, 0.05) is 30.1 Å². The van der Waals surface area contributed by atoms with Crippen molar-refractivity contribution in [2.45, 2.75) is 58.2 Å². The van der Waals surface area contributed by atoms with Crippen LogP contribution >= 0.6 is 11.6 Å². The Bertz CT molecular complexity index is 1300. The Morgan fingerprint density at radius 3 is 2.12 bits per heavy atom. The van der Waals surface area contributed by atoms with E-state index in [0.29, 0.717) is 12.1 Å². The van der Waals surface area contributed by atoms with Crippen LogP contribution in [-0.4, -0.2) is 42.8 Å². The van der Waals surface area contributed by atoms with Crippen molar-refractivity contribution >= 4 is 41.1 Å². The molecule has 1 aliphatic heterocycles. The molecular weight excluding hydrogens is 584 g/mol. The first kappa shape index (κ1) is 31.8. The minimum Gasteiger partial charge on any atom is -0.453 e. The third-order valence-corrected chi connectivity index (χ3v) is 6.49. The second-order valence-corrected chi connectivity index (χ2v) is 9.69. The van der Waals surface area contributed by atoms with E-state index in [1.54, 1.807) is 13.8 Å². The van der Waals surface area contributed by atoms with Gasteiger partial charge in [0.05, 0.1) is 42.3 Å². The molecule has 15 heteroatoms. The van der Waals surface area contributed by atoms with E-state index in [1.807, 2.05) is 0 Å². The van der Waals surface area contributed by atoms with Crippen molar-refractivity contribution in [2.75, 3.05) is 23.9 Å². The number of alkyl halides is 6. The lowest BCUT2D eigenvalue weighted by Gasteiger charge is -2.43. The number of halogens is 7. The average molecular weight is 610 g/mol. The second-order valence-electron chi connectivity index (χ2n) is 9.25. The first-order chi connectivity index (χ1) is 19.0. The van der Waals surface area contributed by atoms with E-state index >= 15 is 0 Å². The van der Waals surface area contributed by atoms with Crippen LogP contribution in [0.2, 0.25) is 5.02 Å². The minimum atomic E-state index is -5.10. The highest BCUT2D eigenvalue weighted by Crippen LogP contribution is 2.47. The summed E-state index contributed by atoms with van der Waals surface area (Å²) in [5.41, 5.74) is -3.21. The van der Waals surface area contributed by atoms with E-state index in [2.05, 4.69) is 5.32 Å². The van der Waals surface area contributed by atoms with Gasteiger partial charge in [-0.2, -0.15) is 26.3 Å². The number of nitrogens with one attached hydrogen (secondary N) is 1. The Balaban J connectivity index is 2.24. The number of ether oxygens (including phenoxy) is 2. The van der Waals surface area contributed by atoms with Crippen LogP contribution in [0.15, 0.2) is 30.3 Å². The third kappa shape index (κ3) is 7.16. The number of hydrogen-bond donors (Lipinski definition) is 1. The quantitative estimate of drug-likeness (QED) is 0.357. The van der Waals surface area contributed by atoms with Gasteiger partial charge in [-0.1, -0.05) is 11.6 Å². The molecule has 8 nitrogen and oxygen atoms in total. The van der Waals surface area contributed by atoms with E-state index in [0.717, 1.165) is 12.0 Å². The lowest BCUT2D eigenvalue weighted by molar-refractivity contribution is -0.143. The van der Waals surface area contributed by atoms with E-state index in [4.69, 9.17) is 21.1 Å². The maximum absolute atomic E-state index is 13.5. The van der Waals surface area contributed by atoms with E-state index in [1.165, 1.54) is 24.0 Å². The van der Waals surface area contributed by atoms with Crippen LogP contribution in [0.4, 0.5) is 47.3 Å². The van der Waals surface area contributed by atoms with Gasteiger partial charge in [0.25, 0.3) is 0 Å². The number of rotatable bonds is 5. The fourth-order valence-corrected chi connectivity index (χ4v) is 4.92. The van der Waals surface area contributed by atoms with E-state index in [9.17, 15) is 40.7 Å². The van der Waals surface area contributed by atoms with Crippen molar-refractivity contribution in [2.24, 2.45) is 0 Å². The summed E-state index contributed by atoms with van der Waals surface area (Å²) in [6.07, 6.45) is -12.1. The van der Waals surface area contributed by atoms with Crippen LogP contribution in [0.3, 0.4) is 0 Å². The summed E-state index contributed by atoms with van der Waals surface area (Å²) in [7, 11) is 1.00. The molecule has 0 fully saturated rings. The molecule has 3 rings (SSSR count). The van der Waals surface area contributed by atoms with Crippen molar-refractivity contribution in [1.29, 1.82) is 0 Å². The molecule has 0 aliphatic carbocycles. The number of hydrogen-bond acceptors (Lipinski definition) is 5. The molecule has 0 unspecified atom stereocenters. The molecule has 0 spiro atoms.